The monoisotopic (exact) mass is 277 g/mol. The van der Waals surface area contributed by atoms with E-state index < -0.39 is 0 Å². The van der Waals surface area contributed by atoms with E-state index in [2.05, 4.69) is 30.1 Å². The number of rotatable bonds is 3. The first-order valence-electron chi connectivity index (χ1n) is 7.31. The lowest BCUT2D eigenvalue weighted by Crippen LogP contribution is -2.47. The molecule has 0 amide bonds. The number of aliphatic hydroxyl groups excluding tert-OH is 1. The number of aryl methyl sites for hydroxylation is 2. The molecule has 2 nitrogen and oxygen atoms in total. The molecule has 19 heavy (non-hydrogen) atoms. The summed E-state index contributed by atoms with van der Waals surface area (Å²) in [7, 11) is 2.14. The topological polar surface area (TPSA) is 23.5 Å². The maximum Gasteiger partial charge on any atom is 0.0743 e. The fraction of sp³-hybridized carbons (Fsp3) is 0.625. The molecule has 1 aliphatic heterocycles. The van der Waals surface area contributed by atoms with Gasteiger partial charge in [0.25, 0.3) is 0 Å². The highest BCUT2D eigenvalue weighted by Gasteiger charge is 2.26. The molecule has 0 aromatic heterocycles. The molecule has 1 heterocycles. The minimum atomic E-state index is -0.239. The van der Waals surface area contributed by atoms with Gasteiger partial charge in [-0.1, -0.05) is 18.2 Å². The van der Waals surface area contributed by atoms with Crippen molar-refractivity contribution in [3.8, 4) is 0 Å². The van der Waals surface area contributed by atoms with Crippen LogP contribution in [0.3, 0.4) is 0 Å². The molecule has 1 saturated heterocycles. The van der Waals surface area contributed by atoms with Crippen LogP contribution in [0.15, 0.2) is 18.2 Å². The third kappa shape index (κ3) is 2.99. The van der Waals surface area contributed by atoms with Gasteiger partial charge in [-0.2, -0.15) is 11.8 Å². The Labute approximate surface area is 120 Å². The molecule has 1 N–H and O–H groups in total. The molecule has 2 aliphatic rings. The Hall–Kier alpha value is -0.510. The predicted octanol–water partition coefficient (Wildman–Crippen LogP) is 2.13. The van der Waals surface area contributed by atoms with Gasteiger partial charge in [0, 0.05) is 24.1 Å². The Kier molecular flexibility index (Phi) is 4.15. The second-order valence-corrected chi connectivity index (χ2v) is 7.00. The van der Waals surface area contributed by atoms with E-state index in [0.29, 0.717) is 6.04 Å². The molecule has 3 rings (SSSR count). The standard InChI is InChI=1S/C16H23NOS/c1-17-7-8-19-11-15(17)16(18)10-12-5-6-13-3-2-4-14(13)9-12/h5-6,9,15-16,18H,2-4,7-8,10-11H2,1H3. The molecule has 1 aromatic rings. The van der Waals surface area contributed by atoms with E-state index in [0.717, 1.165) is 18.7 Å². The second-order valence-electron chi connectivity index (χ2n) is 5.85. The Morgan fingerprint density at radius 3 is 3.05 bits per heavy atom. The summed E-state index contributed by atoms with van der Waals surface area (Å²) >= 11 is 1.96. The van der Waals surface area contributed by atoms with E-state index in [9.17, 15) is 5.11 Å². The van der Waals surface area contributed by atoms with Gasteiger partial charge in [-0.3, -0.25) is 4.90 Å². The highest BCUT2D eigenvalue weighted by atomic mass is 32.2. The van der Waals surface area contributed by atoms with Crippen molar-refractivity contribution in [1.82, 2.24) is 4.90 Å². The van der Waals surface area contributed by atoms with Crippen molar-refractivity contribution >= 4 is 11.8 Å². The average molecular weight is 277 g/mol. The highest BCUT2D eigenvalue weighted by Crippen LogP contribution is 2.25. The molecule has 104 valence electrons. The van der Waals surface area contributed by atoms with Gasteiger partial charge in [0.2, 0.25) is 0 Å². The number of aliphatic hydroxyl groups is 1. The number of hydrogen-bond donors (Lipinski definition) is 1. The first-order chi connectivity index (χ1) is 9.24. The molecule has 0 spiro atoms. The Balaban J connectivity index is 1.67. The van der Waals surface area contributed by atoms with Crippen LogP contribution in [0.4, 0.5) is 0 Å². The van der Waals surface area contributed by atoms with Gasteiger partial charge < -0.3 is 5.11 Å². The van der Waals surface area contributed by atoms with Crippen LogP contribution in [0, 0.1) is 0 Å². The smallest absolute Gasteiger partial charge is 0.0743 e. The molecular weight excluding hydrogens is 254 g/mol. The van der Waals surface area contributed by atoms with Crippen molar-refractivity contribution in [2.45, 2.75) is 37.8 Å². The summed E-state index contributed by atoms with van der Waals surface area (Å²) in [5.74, 6) is 2.25. The summed E-state index contributed by atoms with van der Waals surface area (Å²) in [6.45, 7) is 1.09. The fourth-order valence-electron chi connectivity index (χ4n) is 3.24. The summed E-state index contributed by atoms with van der Waals surface area (Å²) < 4.78 is 0. The zero-order chi connectivity index (χ0) is 13.2. The fourth-order valence-corrected chi connectivity index (χ4v) is 4.54. The predicted molar refractivity (Wildman–Crippen MR) is 81.9 cm³/mol. The molecule has 0 bridgehead atoms. The lowest BCUT2D eigenvalue weighted by atomic mass is 9.99. The molecule has 2 unspecified atom stereocenters. The molecule has 2 atom stereocenters. The number of thioether (sulfide) groups is 1. The molecule has 3 heteroatoms. The van der Waals surface area contributed by atoms with Gasteiger partial charge in [-0.25, -0.2) is 0 Å². The summed E-state index contributed by atoms with van der Waals surface area (Å²) in [6, 6.07) is 7.11. The van der Waals surface area contributed by atoms with E-state index >= 15 is 0 Å². The van der Waals surface area contributed by atoms with Crippen LogP contribution in [0.25, 0.3) is 0 Å². The molecule has 1 fully saturated rings. The molecule has 0 saturated carbocycles. The lowest BCUT2D eigenvalue weighted by molar-refractivity contribution is 0.0763. The SMILES string of the molecule is CN1CCSCC1C(O)Cc1ccc2c(c1)CCC2. The van der Waals surface area contributed by atoms with Gasteiger partial charge in [-0.05, 0) is 49.4 Å². The minimum Gasteiger partial charge on any atom is -0.391 e. The number of fused-ring (bicyclic) bond motifs is 1. The first kappa shape index (κ1) is 13.5. The number of nitrogens with zero attached hydrogens (tertiary/aromatic N) is 1. The third-order valence-corrected chi connectivity index (χ3v) is 5.54. The van der Waals surface area contributed by atoms with Crippen molar-refractivity contribution in [1.29, 1.82) is 0 Å². The highest BCUT2D eigenvalue weighted by molar-refractivity contribution is 7.99. The maximum absolute atomic E-state index is 10.5. The van der Waals surface area contributed by atoms with Gasteiger partial charge in [0.15, 0.2) is 0 Å². The van der Waals surface area contributed by atoms with E-state index in [1.54, 1.807) is 0 Å². The Morgan fingerprint density at radius 2 is 2.21 bits per heavy atom. The van der Waals surface area contributed by atoms with E-state index in [4.69, 9.17) is 0 Å². The number of hydrogen-bond acceptors (Lipinski definition) is 3. The minimum absolute atomic E-state index is 0.239. The van der Waals surface area contributed by atoms with Crippen molar-refractivity contribution in [2.75, 3.05) is 25.1 Å². The summed E-state index contributed by atoms with van der Waals surface area (Å²) in [5, 5.41) is 10.5. The second kappa shape index (κ2) is 5.86. The van der Waals surface area contributed by atoms with Crippen LogP contribution in [0.5, 0.6) is 0 Å². The Bertz CT molecular complexity index is 448. The van der Waals surface area contributed by atoms with Gasteiger partial charge in [0.1, 0.15) is 0 Å². The zero-order valence-corrected chi connectivity index (χ0v) is 12.5. The van der Waals surface area contributed by atoms with Crippen LogP contribution in [-0.2, 0) is 19.3 Å². The van der Waals surface area contributed by atoms with Crippen LogP contribution in [0.2, 0.25) is 0 Å². The van der Waals surface area contributed by atoms with Crippen LogP contribution in [0.1, 0.15) is 23.1 Å². The quantitative estimate of drug-likeness (QED) is 0.915. The van der Waals surface area contributed by atoms with E-state index in [1.165, 1.54) is 41.7 Å². The summed E-state index contributed by atoms with van der Waals surface area (Å²) in [5.41, 5.74) is 4.33. The summed E-state index contributed by atoms with van der Waals surface area (Å²) in [6.07, 6.45) is 4.31. The lowest BCUT2D eigenvalue weighted by Gasteiger charge is -2.35. The van der Waals surface area contributed by atoms with E-state index in [1.807, 2.05) is 11.8 Å². The number of likely N-dealkylation sites (N-methyl/N-ethyl adjacent to an activating group) is 1. The van der Waals surface area contributed by atoms with Crippen LogP contribution in [-0.4, -0.2) is 47.3 Å². The molecule has 0 radical (unpaired) electrons. The maximum atomic E-state index is 10.5. The molecule has 1 aromatic carbocycles. The Morgan fingerprint density at radius 1 is 1.37 bits per heavy atom. The zero-order valence-electron chi connectivity index (χ0n) is 11.6. The molecular formula is C16H23NOS. The largest absolute Gasteiger partial charge is 0.391 e. The average Bonchev–Trinajstić information content (AvgIpc) is 2.86. The van der Waals surface area contributed by atoms with Crippen molar-refractivity contribution in [3.05, 3.63) is 34.9 Å². The van der Waals surface area contributed by atoms with Crippen LogP contribution >= 0.6 is 11.8 Å². The van der Waals surface area contributed by atoms with Crippen molar-refractivity contribution < 1.29 is 5.11 Å². The molecule has 1 aliphatic carbocycles. The number of benzene rings is 1. The van der Waals surface area contributed by atoms with Gasteiger partial charge in [0.05, 0.1) is 6.10 Å². The van der Waals surface area contributed by atoms with Gasteiger partial charge in [-0.15, -0.1) is 0 Å². The first-order valence-corrected chi connectivity index (χ1v) is 8.46. The van der Waals surface area contributed by atoms with Crippen molar-refractivity contribution in [2.24, 2.45) is 0 Å². The van der Waals surface area contributed by atoms with Crippen LogP contribution < -0.4 is 0 Å². The van der Waals surface area contributed by atoms with Crippen molar-refractivity contribution in [3.63, 3.8) is 0 Å². The normalized spacial score (nSPS) is 25.3. The van der Waals surface area contributed by atoms with E-state index in [-0.39, 0.29) is 6.10 Å². The third-order valence-electron chi connectivity index (χ3n) is 4.49. The summed E-state index contributed by atoms with van der Waals surface area (Å²) in [4.78, 5) is 2.31. The van der Waals surface area contributed by atoms with Gasteiger partial charge >= 0.3 is 0 Å².